The molecule has 2 fully saturated rings. The van der Waals surface area contributed by atoms with Crippen LogP contribution in [0, 0.1) is 11.3 Å². The lowest BCUT2D eigenvalue weighted by Gasteiger charge is -2.34. The Morgan fingerprint density at radius 3 is 2.46 bits per heavy atom. The topological polar surface area (TPSA) is 86.1 Å². The standard InChI is InChI=1S/C20H20N4O2/c21-11-13-12-22-17-4-2-1-3-16(17)20(13)23-14-5-7-15(8-6-14)24-18(25)9-10-19(24)26/h1-4,12,14-15H,5-10H2,(H,22,23). The molecule has 1 aliphatic carbocycles. The highest BCUT2D eigenvalue weighted by atomic mass is 16.2. The van der Waals surface area contributed by atoms with Crippen LogP contribution in [0.3, 0.4) is 0 Å². The van der Waals surface area contributed by atoms with E-state index in [-0.39, 0.29) is 23.9 Å². The summed E-state index contributed by atoms with van der Waals surface area (Å²) in [6.07, 6.45) is 5.65. The number of carbonyl (C=O) groups is 2. The highest BCUT2D eigenvalue weighted by Crippen LogP contribution is 2.32. The van der Waals surface area contributed by atoms with Gasteiger partial charge < -0.3 is 5.32 Å². The molecule has 0 spiro atoms. The molecule has 1 aromatic heterocycles. The Labute approximate surface area is 151 Å². The van der Waals surface area contributed by atoms with E-state index >= 15 is 0 Å². The first-order valence-electron chi connectivity index (χ1n) is 9.06. The number of nitrogens with zero attached hydrogens (tertiary/aromatic N) is 3. The molecule has 2 aromatic rings. The van der Waals surface area contributed by atoms with Gasteiger partial charge in [0.05, 0.1) is 16.8 Å². The summed E-state index contributed by atoms with van der Waals surface area (Å²) >= 11 is 0. The van der Waals surface area contributed by atoms with Crippen molar-refractivity contribution in [3.8, 4) is 6.07 Å². The number of nitrogens with one attached hydrogen (secondary N) is 1. The molecule has 1 aliphatic heterocycles. The molecule has 2 aliphatic rings. The predicted molar refractivity (Wildman–Crippen MR) is 97.2 cm³/mol. The van der Waals surface area contributed by atoms with Gasteiger partial charge in [0.15, 0.2) is 0 Å². The minimum Gasteiger partial charge on any atom is -0.381 e. The second-order valence-corrected chi connectivity index (χ2v) is 6.98. The van der Waals surface area contributed by atoms with Crippen LogP contribution in [0.5, 0.6) is 0 Å². The van der Waals surface area contributed by atoms with Crippen LogP contribution in [0.2, 0.25) is 0 Å². The first kappa shape index (κ1) is 16.5. The average molecular weight is 348 g/mol. The second-order valence-electron chi connectivity index (χ2n) is 6.98. The molecular weight excluding hydrogens is 328 g/mol. The van der Waals surface area contributed by atoms with Crippen molar-refractivity contribution >= 4 is 28.4 Å². The number of para-hydroxylation sites is 1. The van der Waals surface area contributed by atoms with Crippen LogP contribution in [-0.2, 0) is 9.59 Å². The Kier molecular flexibility index (Phi) is 4.29. The van der Waals surface area contributed by atoms with Crippen molar-refractivity contribution in [1.82, 2.24) is 9.88 Å². The lowest BCUT2D eigenvalue weighted by molar-refractivity contribution is -0.141. The summed E-state index contributed by atoms with van der Waals surface area (Å²) in [6.45, 7) is 0. The zero-order valence-corrected chi connectivity index (χ0v) is 14.4. The highest BCUT2D eigenvalue weighted by Gasteiger charge is 2.36. The molecule has 0 radical (unpaired) electrons. The number of anilines is 1. The van der Waals surface area contributed by atoms with Crippen LogP contribution < -0.4 is 5.32 Å². The van der Waals surface area contributed by atoms with Gasteiger partial charge in [0.25, 0.3) is 0 Å². The van der Waals surface area contributed by atoms with Crippen molar-refractivity contribution in [2.45, 2.75) is 50.6 Å². The van der Waals surface area contributed by atoms with E-state index < -0.39 is 0 Å². The molecule has 1 aromatic carbocycles. The van der Waals surface area contributed by atoms with Crippen LogP contribution in [0.15, 0.2) is 30.5 Å². The number of hydrogen-bond donors (Lipinski definition) is 1. The molecule has 6 heteroatoms. The number of imide groups is 1. The number of likely N-dealkylation sites (tertiary alicyclic amines) is 1. The normalized spacial score (nSPS) is 23.3. The van der Waals surface area contributed by atoms with Crippen molar-refractivity contribution in [3.05, 3.63) is 36.0 Å². The van der Waals surface area contributed by atoms with Crippen LogP contribution in [0.25, 0.3) is 10.9 Å². The van der Waals surface area contributed by atoms with Crippen molar-refractivity contribution < 1.29 is 9.59 Å². The van der Waals surface area contributed by atoms with Crippen molar-refractivity contribution in [1.29, 1.82) is 5.26 Å². The smallest absolute Gasteiger partial charge is 0.229 e. The number of pyridine rings is 1. The van der Waals surface area contributed by atoms with Crippen molar-refractivity contribution in [3.63, 3.8) is 0 Å². The third-order valence-electron chi connectivity index (χ3n) is 5.40. The van der Waals surface area contributed by atoms with Crippen molar-refractivity contribution in [2.24, 2.45) is 0 Å². The second kappa shape index (κ2) is 6.75. The Morgan fingerprint density at radius 1 is 1.08 bits per heavy atom. The Morgan fingerprint density at radius 2 is 1.77 bits per heavy atom. The van der Waals surface area contributed by atoms with Gasteiger partial charge in [-0.1, -0.05) is 18.2 Å². The molecular formula is C20H20N4O2. The number of fused-ring (bicyclic) bond motifs is 1. The van der Waals surface area contributed by atoms with Crippen LogP contribution in [0.1, 0.15) is 44.1 Å². The van der Waals surface area contributed by atoms with Crippen LogP contribution in [0.4, 0.5) is 5.69 Å². The zero-order chi connectivity index (χ0) is 18.1. The van der Waals surface area contributed by atoms with Gasteiger partial charge in [-0.15, -0.1) is 0 Å². The molecule has 6 nitrogen and oxygen atoms in total. The molecule has 1 saturated carbocycles. The van der Waals surface area contributed by atoms with E-state index in [1.54, 1.807) is 6.20 Å². The molecule has 132 valence electrons. The number of amides is 2. The Hall–Kier alpha value is -2.94. The van der Waals surface area contributed by atoms with E-state index in [4.69, 9.17) is 0 Å². The SMILES string of the molecule is N#Cc1cnc2ccccc2c1NC1CCC(N2C(=O)CCC2=O)CC1. The lowest BCUT2D eigenvalue weighted by atomic mass is 9.89. The minimum absolute atomic E-state index is 0.0279. The number of benzene rings is 1. The quantitative estimate of drug-likeness (QED) is 0.862. The maximum Gasteiger partial charge on any atom is 0.229 e. The number of rotatable bonds is 3. The summed E-state index contributed by atoms with van der Waals surface area (Å²) in [4.78, 5) is 29.7. The van der Waals surface area contributed by atoms with Crippen molar-refractivity contribution in [2.75, 3.05) is 5.32 Å². The van der Waals surface area contributed by atoms with E-state index in [2.05, 4.69) is 16.4 Å². The van der Waals surface area contributed by atoms with Gasteiger partial charge in [-0.3, -0.25) is 19.5 Å². The Bertz CT molecular complexity index is 894. The van der Waals surface area contributed by atoms with Gasteiger partial charge in [-0.2, -0.15) is 5.26 Å². The summed E-state index contributed by atoms with van der Waals surface area (Å²) in [7, 11) is 0. The molecule has 0 unspecified atom stereocenters. The van der Waals surface area contributed by atoms with Gasteiger partial charge in [-0.05, 0) is 31.7 Å². The van der Waals surface area contributed by atoms with Gasteiger partial charge in [-0.25, -0.2) is 0 Å². The summed E-state index contributed by atoms with van der Waals surface area (Å²) in [5.74, 6) is -0.0587. The molecule has 26 heavy (non-hydrogen) atoms. The van der Waals surface area contributed by atoms with E-state index in [1.807, 2.05) is 24.3 Å². The van der Waals surface area contributed by atoms with E-state index in [1.165, 1.54) is 4.90 Å². The number of carbonyl (C=O) groups excluding carboxylic acids is 2. The predicted octanol–water partition coefficient (Wildman–Crippen LogP) is 2.98. The first-order valence-corrected chi connectivity index (χ1v) is 9.06. The fourth-order valence-corrected chi connectivity index (χ4v) is 4.07. The third-order valence-corrected chi connectivity index (χ3v) is 5.40. The highest BCUT2D eigenvalue weighted by molar-refractivity contribution is 6.02. The van der Waals surface area contributed by atoms with E-state index in [9.17, 15) is 14.9 Å². The molecule has 1 N–H and O–H groups in total. The molecule has 0 bridgehead atoms. The van der Waals surface area contributed by atoms with E-state index in [0.29, 0.717) is 18.4 Å². The fourth-order valence-electron chi connectivity index (χ4n) is 4.07. The third kappa shape index (κ3) is 2.90. The summed E-state index contributed by atoms with van der Waals surface area (Å²) in [5, 5.41) is 13.9. The lowest BCUT2D eigenvalue weighted by Crippen LogP contribution is -2.43. The molecule has 1 saturated heterocycles. The molecule has 4 rings (SSSR count). The van der Waals surface area contributed by atoms with Crippen LogP contribution >= 0.6 is 0 Å². The summed E-state index contributed by atoms with van der Waals surface area (Å²) < 4.78 is 0. The van der Waals surface area contributed by atoms with Gasteiger partial charge in [0.2, 0.25) is 11.8 Å². The van der Waals surface area contributed by atoms with Gasteiger partial charge >= 0.3 is 0 Å². The monoisotopic (exact) mass is 348 g/mol. The maximum absolute atomic E-state index is 11.9. The number of hydrogen-bond acceptors (Lipinski definition) is 5. The zero-order valence-electron chi connectivity index (χ0n) is 14.4. The molecule has 0 atom stereocenters. The summed E-state index contributed by atoms with van der Waals surface area (Å²) in [6, 6.07) is 10.2. The fraction of sp³-hybridized carbons (Fsp3) is 0.400. The van der Waals surface area contributed by atoms with Gasteiger partial charge in [0.1, 0.15) is 6.07 Å². The van der Waals surface area contributed by atoms with Crippen LogP contribution in [-0.4, -0.2) is 33.8 Å². The van der Waals surface area contributed by atoms with Gasteiger partial charge in [0, 0.05) is 36.5 Å². The summed E-state index contributed by atoms with van der Waals surface area (Å²) in [5.41, 5.74) is 2.22. The minimum atomic E-state index is -0.0293. The average Bonchev–Trinajstić information content (AvgIpc) is 3.01. The first-order chi connectivity index (χ1) is 12.7. The Balaban J connectivity index is 1.50. The van der Waals surface area contributed by atoms with E-state index in [0.717, 1.165) is 42.3 Å². The maximum atomic E-state index is 11.9. The number of nitriles is 1. The largest absolute Gasteiger partial charge is 0.381 e. The molecule has 2 heterocycles. The molecule has 2 amide bonds. The number of aromatic nitrogens is 1.